The van der Waals surface area contributed by atoms with Crippen LogP contribution in [0.3, 0.4) is 0 Å². The first-order valence-electron chi connectivity index (χ1n) is 11.5. The molecule has 0 N–H and O–H groups in total. The zero-order valence-electron chi connectivity index (χ0n) is 17.3. The number of fused-ring (bicyclic) bond motifs is 8. The van der Waals surface area contributed by atoms with Gasteiger partial charge >= 0.3 is 0 Å². The summed E-state index contributed by atoms with van der Waals surface area (Å²) >= 11 is 0. The first-order chi connectivity index (χ1) is 12.9. The van der Waals surface area contributed by atoms with E-state index < -0.39 is 0 Å². The topological polar surface area (TPSA) is 40.9 Å². The van der Waals surface area contributed by atoms with Crippen LogP contribution in [-0.2, 0) is 4.79 Å². The lowest BCUT2D eigenvalue weighted by atomic mass is 9.46. The van der Waals surface area contributed by atoms with Crippen molar-refractivity contribution >= 4 is 5.78 Å². The molecule has 4 fully saturated rings. The van der Waals surface area contributed by atoms with Crippen LogP contribution >= 0.6 is 0 Å². The van der Waals surface area contributed by atoms with E-state index in [1.807, 2.05) is 0 Å². The third-order valence-corrected chi connectivity index (χ3v) is 10.2. The molecule has 4 saturated carbocycles. The van der Waals surface area contributed by atoms with Crippen LogP contribution in [0.5, 0.6) is 0 Å². The van der Waals surface area contributed by atoms with E-state index in [0.29, 0.717) is 22.5 Å². The molecule has 0 saturated heterocycles. The van der Waals surface area contributed by atoms with Gasteiger partial charge in [-0.25, -0.2) is 0 Å². The summed E-state index contributed by atoms with van der Waals surface area (Å²) in [7, 11) is 0. The van der Waals surface area contributed by atoms with Crippen molar-refractivity contribution < 1.29 is 4.79 Å². The molecule has 0 heterocycles. The Labute approximate surface area is 164 Å². The van der Waals surface area contributed by atoms with Gasteiger partial charge in [0.15, 0.2) is 5.78 Å². The number of carbonyl (C=O) groups excluding carboxylic acids is 1. The summed E-state index contributed by atoms with van der Waals surface area (Å²) in [5.41, 5.74) is 2.36. The Kier molecular flexibility index (Phi) is 3.96. The molecule has 0 aromatic heterocycles. The summed E-state index contributed by atoms with van der Waals surface area (Å²) in [5, 5.41) is 9.03. The minimum atomic E-state index is 0.308. The number of allylic oxidation sites excluding steroid dienone is 1. The van der Waals surface area contributed by atoms with Crippen LogP contribution in [0.15, 0.2) is 11.6 Å². The summed E-state index contributed by atoms with van der Waals surface area (Å²) in [6.07, 6.45) is 12.6. The first-order valence-corrected chi connectivity index (χ1v) is 11.5. The standard InChI is InChI=1S/C25H35NO/c1-15(5-4-12-26)19-6-7-20-23-18-14-17(18)22-13-16(27)8-10-25(22,3)21(23)9-11-24(19,20)2/h13,15,17-21,23H,4-11,14H2,1-3H3/t15-,17+,18-,19?,20?,21?,23?,24-,25-/m1/s1. The van der Waals surface area contributed by atoms with Crippen molar-refractivity contribution in [1.29, 1.82) is 5.26 Å². The minimum absolute atomic E-state index is 0.308. The lowest BCUT2D eigenvalue weighted by Crippen LogP contribution is -2.52. The van der Waals surface area contributed by atoms with E-state index in [0.717, 1.165) is 61.2 Å². The molecule has 0 bridgehead atoms. The number of hydrogen-bond donors (Lipinski definition) is 0. The van der Waals surface area contributed by atoms with Gasteiger partial charge in [0, 0.05) is 12.8 Å². The zero-order chi connectivity index (χ0) is 19.0. The maximum Gasteiger partial charge on any atom is 0.155 e. The number of rotatable bonds is 3. The average Bonchev–Trinajstić information content (AvgIpc) is 3.35. The Bertz CT molecular complexity index is 731. The van der Waals surface area contributed by atoms with E-state index in [9.17, 15) is 4.79 Å². The van der Waals surface area contributed by atoms with Crippen molar-refractivity contribution in [3.05, 3.63) is 11.6 Å². The fourth-order valence-corrected chi connectivity index (χ4v) is 8.87. The molecule has 5 rings (SSSR count). The first kappa shape index (κ1) is 18.0. The third kappa shape index (κ3) is 2.39. The van der Waals surface area contributed by atoms with Crippen LogP contribution in [0.4, 0.5) is 0 Å². The van der Waals surface area contributed by atoms with Crippen molar-refractivity contribution in [1.82, 2.24) is 0 Å². The Morgan fingerprint density at radius 3 is 2.81 bits per heavy atom. The SMILES string of the molecule is C[C@H](CCC#N)C1CCC2C3C(CC[C@@]21C)[C@@]1(C)CCC(=O)C=C1[C@H]1C[C@@H]31. The number of carbonyl (C=O) groups is 1. The Morgan fingerprint density at radius 2 is 2.04 bits per heavy atom. The van der Waals surface area contributed by atoms with Gasteiger partial charge in [0.2, 0.25) is 0 Å². The summed E-state index contributed by atoms with van der Waals surface area (Å²) in [6.45, 7) is 7.55. The number of ketones is 1. The molecule has 4 unspecified atom stereocenters. The van der Waals surface area contributed by atoms with Gasteiger partial charge in [-0.1, -0.05) is 26.3 Å². The lowest BCUT2D eigenvalue weighted by Gasteiger charge is -2.58. The zero-order valence-corrected chi connectivity index (χ0v) is 17.3. The third-order valence-electron chi connectivity index (χ3n) is 10.2. The minimum Gasteiger partial charge on any atom is -0.295 e. The second-order valence-corrected chi connectivity index (χ2v) is 11.2. The molecule has 5 aliphatic carbocycles. The maximum atomic E-state index is 12.1. The van der Waals surface area contributed by atoms with Gasteiger partial charge in [0.25, 0.3) is 0 Å². The second-order valence-electron chi connectivity index (χ2n) is 11.2. The molecule has 0 spiro atoms. The van der Waals surface area contributed by atoms with E-state index in [4.69, 9.17) is 5.26 Å². The fraction of sp³-hybridized carbons (Fsp3) is 0.840. The van der Waals surface area contributed by atoms with Gasteiger partial charge in [0.1, 0.15) is 0 Å². The maximum absolute atomic E-state index is 12.1. The molecule has 0 aromatic carbocycles. The van der Waals surface area contributed by atoms with E-state index >= 15 is 0 Å². The summed E-state index contributed by atoms with van der Waals surface area (Å²) < 4.78 is 0. The Morgan fingerprint density at radius 1 is 1.22 bits per heavy atom. The van der Waals surface area contributed by atoms with Crippen LogP contribution in [-0.4, -0.2) is 5.78 Å². The van der Waals surface area contributed by atoms with Crippen LogP contribution in [0.2, 0.25) is 0 Å². The predicted molar refractivity (Wildman–Crippen MR) is 107 cm³/mol. The number of nitrogens with zero attached hydrogens (tertiary/aromatic N) is 1. The van der Waals surface area contributed by atoms with E-state index in [2.05, 4.69) is 32.9 Å². The van der Waals surface area contributed by atoms with Gasteiger partial charge < -0.3 is 0 Å². The highest BCUT2D eigenvalue weighted by molar-refractivity contribution is 5.92. The summed E-state index contributed by atoms with van der Waals surface area (Å²) in [5.74, 6) is 6.09. The van der Waals surface area contributed by atoms with Crippen molar-refractivity contribution in [2.45, 2.75) is 78.6 Å². The van der Waals surface area contributed by atoms with Crippen LogP contribution < -0.4 is 0 Å². The molecule has 0 aromatic rings. The number of hydrogen-bond acceptors (Lipinski definition) is 2. The van der Waals surface area contributed by atoms with E-state index in [1.165, 1.54) is 32.1 Å². The molecule has 27 heavy (non-hydrogen) atoms. The average molecular weight is 366 g/mol. The summed E-state index contributed by atoms with van der Waals surface area (Å²) in [4.78, 5) is 12.1. The van der Waals surface area contributed by atoms with Crippen LogP contribution in [0, 0.1) is 63.6 Å². The monoisotopic (exact) mass is 365 g/mol. The predicted octanol–water partition coefficient (Wildman–Crippen LogP) is 5.93. The van der Waals surface area contributed by atoms with E-state index in [-0.39, 0.29) is 0 Å². The lowest BCUT2D eigenvalue weighted by molar-refractivity contribution is -0.117. The van der Waals surface area contributed by atoms with Gasteiger partial charge in [-0.2, -0.15) is 5.26 Å². The molecule has 0 amide bonds. The van der Waals surface area contributed by atoms with Crippen molar-refractivity contribution in [2.24, 2.45) is 52.3 Å². The smallest absolute Gasteiger partial charge is 0.155 e. The van der Waals surface area contributed by atoms with Gasteiger partial charge in [-0.3, -0.25) is 4.79 Å². The molecular weight excluding hydrogens is 330 g/mol. The van der Waals surface area contributed by atoms with Gasteiger partial charge in [-0.05, 0) is 103 Å². The van der Waals surface area contributed by atoms with Crippen LogP contribution in [0.1, 0.15) is 78.6 Å². The summed E-state index contributed by atoms with van der Waals surface area (Å²) in [6, 6.07) is 2.37. The molecule has 2 nitrogen and oxygen atoms in total. The molecule has 146 valence electrons. The Hall–Kier alpha value is -1.10. The molecular formula is C25H35NO. The highest BCUT2D eigenvalue weighted by Crippen LogP contribution is 2.74. The largest absolute Gasteiger partial charge is 0.295 e. The quantitative estimate of drug-likeness (QED) is 0.622. The van der Waals surface area contributed by atoms with Gasteiger partial charge in [-0.15, -0.1) is 0 Å². The van der Waals surface area contributed by atoms with Crippen molar-refractivity contribution in [3.8, 4) is 6.07 Å². The molecule has 0 radical (unpaired) electrons. The van der Waals surface area contributed by atoms with Crippen molar-refractivity contribution in [3.63, 3.8) is 0 Å². The van der Waals surface area contributed by atoms with Gasteiger partial charge in [0.05, 0.1) is 6.07 Å². The van der Waals surface area contributed by atoms with Crippen molar-refractivity contribution in [2.75, 3.05) is 0 Å². The normalized spacial score (nSPS) is 51.2. The second kappa shape index (κ2) is 5.95. The molecule has 0 aliphatic heterocycles. The van der Waals surface area contributed by atoms with E-state index in [1.54, 1.807) is 5.57 Å². The molecule has 2 heteroatoms. The van der Waals surface area contributed by atoms with Crippen LogP contribution in [0.25, 0.3) is 0 Å². The fourth-order valence-electron chi connectivity index (χ4n) is 8.87. The molecule has 9 atom stereocenters. The highest BCUT2D eigenvalue weighted by atomic mass is 16.1. The highest BCUT2D eigenvalue weighted by Gasteiger charge is 2.67. The number of nitriles is 1. The molecule has 5 aliphatic rings. The Balaban J connectivity index is 1.45.